The molecule has 0 amide bonds. The number of para-hydroxylation sites is 2. The third-order valence-corrected chi connectivity index (χ3v) is 7.57. The van der Waals surface area contributed by atoms with Crippen LogP contribution in [0.4, 0.5) is 17.1 Å². The van der Waals surface area contributed by atoms with E-state index in [9.17, 15) is 4.79 Å². The highest BCUT2D eigenvalue weighted by Gasteiger charge is 2.10. The monoisotopic (exact) mass is 667 g/mol. The molecule has 0 fully saturated rings. The number of unbranched alkanes of at least 4 members (excludes halogenated alkanes) is 1. The van der Waals surface area contributed by atoms with Crippen molar-refractivity contribution < 1.29 is 14.3 Å². The molecule has 0 aliphatic carbocycles. The van der Waals surface area contributed by atoms with Crippen LogP contribution >= 0.6 is 23.2 Å². The van der Waals surface area contributed by atoms with Crippen LogP contribution in [-0.4, -0.2) is 37.1 Å². The lowest BCUT2D eigenvalue weighted by molar-refractivity contribution is -0.135. The third-order valence-electron chi connectivity index (χ3n) is 7.10. The molecule has 0 bridgehead atoms. The number of aliphatic imine (C=N–C) groups is 1. The Balaban J connectivity index is 1.24. The van der Waals surface area contributed by atoms with Gasteiger partial charge in [-0.15, -0.1) is 0 Å². The Kier molecular flexibility index (Phi) is 11.7. The van der Waals surface area contributed by atoms with Gasteiger partial charge in [0, 0.05) is 51.7 Å². The number of hydrogen-bond acceptors (Lipinski definition) is 6. The van der Waals surface area contributed by atoms with E-state index in [4.69, 9.17) is 37.7 Å². The first-order chi connectivity index (χ1) is 22.9. The summed E-state index contributed by atoms with van der Waals surface area (Å²) in [4.78, 5) is 21.0. The average molecular weight is 669 g/mol. The van der Waals surface area contributed by atoms with E-state index in [1.54, 1.807) is 19.2 Å². The van der Waals surface area contributed by atoms with Crippen LogP contribution < -0.4 is 20.7 Å². The number of methoxy groups -OCH3 is 1. The van der Waals surface area contributed by atoms with Crippen molar-refractivity contribution in [3.05, 3.63) is 124 Å². The predicted octanol–water partition coefficient (Wildman–Crippen LogP) is 9.68. The molecule has 5 rings (SSSR count). The fourth-order valence-electron chi connectivity index (χ4n) is 4.75. The molecule has 3 N–H and O–H groups in total. The number of nitrogens with one attached hydrogen (secondary N) is 3. The van der Waals surface area contributed by atoms with Gasteiger partial charge in [0.05, 0.1) is 18.3 Å². The van der Waals surface area contributed by atoms with E-state index >= 15 is 0 Å². The van der Waals surface area contributed by atoms with Gasteiger partial charge >= 0.3 is 5.97 Å². The number of esters is 1. The molecule has 0 radical (unpaired) electrons. The van der Waals surface area contributed by atoms with E-state index in [1.165, 1.54) is 7.11 Å². The smallest absolute Gasteiger partial charge is 0.333 e. The summed E-state index contributed by atoms with van der Waals surface area (Å²) in [6, 6.07) is 30.3. The summed E-state index contributed by atoms with van der Waals surface area (Å²) in [6.07, 6.45) is 5.32. The van der Waals surface area contributed by atoms with Gasteiger partial charge in [-0.3, -0.25) is 9.98 Å². The van der Waals surface area contributed by atoms with Crippen LogP contribution in [0.3, 0.4) is 0 Å². The minimum Gasteiger partial charge on any atom is -0.466 e. The van der Waals surface area contributed by atoms with Crippen molar-refractivity contribution in [2.24, 2.45) is 4.99 Å². The molecule has 0 atom stereocenters. The number of carbonyl (C=O) groups excluding carboxylic acids is 1. The summed E-state index contributed by atoms with van der Waals surface area (Å²) in [5.41, 5.74) is 4.80. The van der Waals surface area contributed by atoms with E-state index < -0.39 is 0 Å². The molecule has 5 aromatic rings. The van der Waals surface area contributed by atoms with Gasteiger partial charge < -0.3 is 25.4 Å². The zero-order valence-electron chi connectivity index (χ0n) is 26.1. The van der Waals surface area contributed by atoms with Gasteiger partial charge in [-0.25, -0.2) is 4.79 Å². The highest BCUT2D eigenvalue weighted by atomic mass is 35.5. The van der Waals surface area contributed by atoms with Crippen molar-refractivity contribution in [1.82, 2.24) is 4.98 Å². The van der Waals surface area contributed by atoms with E-state index in [0.29, 0.717) is 39.6 Å². The number of aromatic nitrogens is 1. The van der Waals surface area contributed by atoms with Crippen LogP contribution in [0.5, 0.6) is 11.5 Å². The summed E-state index contributed by atoms with van der Waals surface area (Å²) in [5.74, 6) is 1.46. The van der Waals surface area contributed by atoms with Crippen molar-refractivity contribution in [2.75, 3.05) is 36.1 Å². The largest absolute Gasteiger partial charge is 0.466 e. The summed E-state index contributed by atoms with van der Waals surface area (Å²) in [6.45, 7) is 3.09. The van der Waals surface area contributed by atoms with Gasteiger partial charge in [-0.2, -0.15) is 0 Å². The maximum absolute atomic E-state index is 11.7. The average Bonchev–Trinajstić information content (AvgIpc) is 3.07. The number of ether oxygens (including phenoxy) is 2. The molecule has 0 aliphatic rings. The SMILES string of the molecule is COC(=O)/C(C)=C/c1ccc(Oc2ccccc2NC(=NCCCCNc2ccnc3cc(Cl)ccc23)Nc2cccc(Cl)c2)cc1. The minimum absolute atomic E-state index is 0.365. The Bertz CT molecular complexity index is 1890. The summed E-state index contributed by atoms with van der Waals surface area (Å²) in [5, 5.41) is 12.6. The molecule has 0 unspecified atom stereocenters. The molecule has 10 heteroatoms. The lowest BCUT2D eigenvalue weighted by Crippen LogP contribution is -2.23. The lowest BCUT2D eigenvalue weighted by Gasteiger charge is -2.16. The zero-order chi connectivity index (χ0) is 33.0. The minimum atomic E-state index is -0.365. The van der Waals surface area contributed by atoms with Crippen molar-refractivity contribution in [2.45, 2.75) is 19.8 Å². The van der Waals surface area contributed by atoms with Crippen molar-refractivity contribution in [3.8, 4) is 11.5 Å². The molecular weight excluding hydrogens is 633 g/mol. The topological polar surface area (TPSA) is 96.9 Å². The summed E-state index contributed by atoms with van der Waals surface area (Å²) >= 11 is 12.4. The van der Waals surface area contributed by atoms with Crippen molar-refractivity contribution in [3.63, 3.8) is 0 Å². The van der Waals surface area contributed by atoms with Crippen LogP contribution in [0.2, 0.25) is 10.0 Å². The van der Waals surface area contributed by atoms with Gasteiger partial charge in [-0.05, 0) is 98.1 Å². The molecule has 240 valence electrons. The number of rotatable bonds is 12. The van der Waals surface area contributed by atoms with Crippen LogP contribution in [0, 0.1) is 0 Å². The van der Waals surface area contributed by atoms with Gasteiger partial charge in [0.25, 0.3) is 0 Å². The molecule has 1 aromatic heterocycles. The van der Waals surface area contributed by atoms with Crippen molar-refractivity contribution in [1.29, 1.82) is 0 Å². The molecular formula is C37H35Cl2N5O3. The second-order valence-electron chi connectivity index (χ2n) is 10.6. The van der Waals surface area contributed by atoms with E-state index in [1.807, 2.05) is 97.1 Å². The first kappa shape index (κ1) is 33.3. The molecule has 4 aromatic carbocycles. The first-order valence-corrected chi connectivity index (χ1v) is 15.9. The number of carbonyl (C=O) groups is 1. The molecule has 0 saturated carbocycles. The van der Waals surface area contributed by atoms with Gasteiger partial charge in [0.1, 0.15) is 5.75 Å². The molecule has 0 aliphatic heterocycles. The first-order valence-electron chi connectivity index (χ1n) is 15.1. The molecule has 47 heavy (non-hydrogen) atoms. The molecule has 1 heterocycles. The lowest BCUT2D eigenvalue weighted by atomic mass is 10.1. The fraction of sp³-hybridized carbons (Fsp3) is 0.162. The molecule has 0 spiro atoms. The highest BCUT2D eigenvalue weighted by molar-refractivity contribution is 6.31. The predicted molar refractivity (Wildman–Crippen MR) is 194 cm³/mol. The number of anilines is 3. The van der Waals surface area contributed by atoms with Crippen molar-refractivity contribution >= 4 is 69.2 Å². The van der Waals surface area contributed by atoms with E-state index in [2.05, 4.69) is 20.9 Å². The fourth-order valence-corrected chi connectivity index (χ4v) is 5.11. The maximum Gasteiger partial charge on any atom is 0.333 e. The van der Waals surface area contributed by atoms with Gasteiger partial charge in [-0.1, -0.05) is 53.5 Å². The van der Waals surface area contributed by atoms with E-state index in [0.717, 1.165) is 52.9 Å². The Morgan fingerprint density at radius 3 is 2.49 bits per heavy atom. The normalized spacial score (nSPS) is 11.7. The third kappa shape index (κ3) is 9.72. The number of guanidine groups is 1. The number of fused-ring (bicyclic) bond motifs is 1. The number of halogens is 2. The second-order valence-corrected chi connectivity index (χ2v) is 11.5. The number of benzene rings is 4. The Labute approximate surface area is 284 Å². The Hall–Kier alpha value is -5.05. The molecule has 0 saturated heterocycles. The van der Waals surface area contributed by atoms with Crippen LogP contribution in [0.15, 0.2) is 114 Å². The van der Waals surface area contributed by atoms with Gasteiger partial charge in [0.2, 0.25) is 0 Å². The van der Waals surface area contributed by atoms with Gasteiger partial charge in [0.15, 0.2) is 11.7 Å². The number of nitrogens with zero attached hydrogens (tertiary/aromatic N) is 2. The molecule has 8 nitrogen and oxygen atoms in total. The zero-order valence-corrected chi connectivity index (χ0v) is 27.6. The van der Waals surface area contributed by atoms with Crippen LogP contribution in [-0.2, 0) is 9.53 Å². The highest BCUT2D eigenvalue weighted by Crippen LogP contribution is 2.30. The summed E-state index contributed by atoms with van der Waals surface area (Å²) in [7, 11) is 1.37. The van der Waals surface area contributed by atoms with Crippen LogP contribution in [0.1, 0.15) is 25.3 Å². The standard InChI is InChI=1S/C37H35Cl2N5O3/c1-25(36(45)46-2)22-26-12-15-30(16-13-26)47-35-11-4-3-10-33(35)44-37(43-29-9-7-8-27(38)23-29)42-20-6-5-19-40-32-18-21-41-34-24-28(39)14-17-31(32)34/h3-4,7-18,21-24H,5-6,19-20H2,1-2H3,(H,40,41)(H2,42,43,44)/b25-22+. The summed E-state index contributed by atoms with van der Waals surface area (Å²) < 4.78 is 11.0. The quantitative estimate of drug-likeness (QED) is 0.0401. The Morgan fingerprint density at radius 2 is 1.68 bits per heavy atom. The maximum atomic E-state index is 11.7. The number of hydrogen-bond donors (Lipinski definition) is 3. The van der Waals surface area contributed by atoms with E-state index in [-0.39, 0.29) is 5.97 Å². The van der Waals surface area contributed by atoms with Crippen LogP contribution in [0.25, 0.3) is 17.0 Å². The number of pyridine rings is 1. The second kappa shape index (κ2) is 16.5. The Morgan fingerprint density at radius 1 is 0.872 bits per heavy atom.